The lowest BCUT2D eigenvalue weighted by atomic mass is 9.78. The van der Waals surface area contributed by atoms with Crippen LogP contribution in [0.4, 0.5) is 4.79 Å². The highest BCUT2D eigenvalue weighted by atomic mass is 16.7. The average Bonchev–Trinajstić information content (AvgIpc) is 2.75. The highest BCUT2D eigenvalue weighted by Gasteiger charge is 2.38. The minimum Gasteiger partial charge on any atom is -0.444 e. The Kier molecular flexibility index (Phi) is 4.82. The Balaban J connectivity index is 1.93. The standard InChI is InChI=1S/C16H24BNO4/c1-15(2,3)21-14(19)18-10-12-7-6-8-13(9-12)17-20-11-16(4,5)22-17/h6-9H,10-11H2,1-5H3,(H,18,19). The van der Waals surface area contributed by atoms with Gasteiger partial charge in [0.05, 0.1) is 12.2 Å². The monoisotopic (exact) mass is 305 g/mol. The number of hydrogen-bond acceptors (Lipinski definition) is 4. The van der Waals surface area contributed by atoms with Gasteiger partial charge in [0.25, 0.3) is 0 Å². The largest absolute Gasteiger partial charge is 0.494 e. The number of carbonyl (C=O) groups excluding carboxylic acids is 1. The summed E-state index contributed by atoms with van der Waals surface area (Å²) in [5.74, 6) is 0. The van der Waals surface area contributed by atoms with E-state index in [4.69, 9.17) is 14.0 Å². The van der Waals surface area contributed by atoms with Crippen molar-refractivity contribution in [1.29, 1.82) is 0 Å². The van der Waals surface area contributed by atoms with Crippen molar-refractivity contribution < 1.29 is 18.8 Å². The highest BCUT2D eigenvalue weighted by Crippen LogP contribution is 2.19. The first-order valence-electron chi connectivity index (χ1n) is 7.50. The molecule has 0 aromatic heterocycles. The molecule has 0 saturated carbocycles. The van der Waals surface area contributed by atoms with Crippen LogP contribution in [0.15, 0.2) is 24.3 Å². The molecule has 0 spiro atoms. The van der Waals surface area contributed by atoms with Crippen LogP contribution in [0.3, 0.4) is 0 Å². The van der Waals surface area contributed by atoms with Gasteiger partial charge >= 0.3 is 13.2 Å². The van der Waals surface area contributed by atoms with E-state index < -0.39 is 11.7 Å². The summed E-state index contributed by atoms with van der Waals surface area (Å²) in [7, 11) is -0.350. The molecule has 1 saturated heterocycles. The highest BCUT2D eigenvalue weighted by molar-refractivity contribution is 6.61. The molecule has 0 unspecified atom stereocenters. The topological polar surface area (TPSA) is 56.8 Å². The molecule has 1 aromatic rings. The second-order valence-electron chi connectivity index (χ2n) is 7.12. The van der Waals surface area contributed by atoms with Crippen molar-refractivity contribution in [3.63, 3.8) is 0 Å². The summed E-state index contributed by atoms with van der Waals surface area (Å²) in [5, 5.41) is 2.75. The van der Waals surface area contributed by atoms with E-state index in [1.54, 1.807) is 0 Å². The lowest BCUT2D eigenvalue weighted by Crippen LogP contribution is -2.35. The molecule has 22 heavy (non-hydrogen) atoms. The second-order valence-corrected chi connectivity index (χ2v) is 7.12. The van der Waals surface area contributed by atoms with Crippen LogP contribution in [0, 0.1) is 0 Å². The van der Waals surface area contributed by atoms with Crippen molar-refractivity contribution in [2.24, 2.45) is 0 Å². The van der Waals surface area contributed by atoms with E-state index >= 15 is 0 Å². The lowest BCUT2D eigenvalue weighted by molar-refractivity contribution is 0.0523. The molecule has 6 heteroatoms. The van der Waals surface area contributed by atoms with E-state index in [9.17, 15) is 4.79 Å². The van der Waals surface area contributed by atoms with Crippen molar-refractivity contribution >= 4 is 18.7 Å². The minimum absolute atomic E-state index is 0.268. The number of alkyl carbamates (subject to hydrolysis) is 1. The first-order valence-corrected chi connectivity index (χ1v) is 7.50. The molecule has 1 aliphatic heterocycles. The van der Waals surface area contributed by atoms with Gasteiger partial charge in [0.15, 0.2) is 0 Å². The van der Waals surface area contributed by atoms with Crippen molar-refractivity contribution in [3.8, 4) is 0 Å². The lowest BCUT2D eigenvalue weighted by Gasteiger charge is -2.19. The van der Waals surface area contributed by atoms with E-state index in [2.05, 4.69) is 5.32 Å². The number of benzene rings is 1. The van der Waals surface area contributed by atoms with Gasteiger partial charge in [-0.2, -0.15) is 0 Å². The summed E-state index contributed by atoms with van der Waals surface area (Å²) >= 11 is 0. The third kappa shape index (κ3) is 5.03. The zero-order valence-electron chi connectivity index (χ0n) is 13.9. The molecule has 120 valence electrons. The third-order valence-electron chi connectivity index (χ3n) is 3.07. The molecule has 0 atom stereocenters. The Hall–Kier alpha value is -1.53. The van der Waals surface area contributed by atoms with Crippen molar-refractivity contribution in [3.05, 3.63) is 29.8 Å². The van der Waals surface area contributed by atoms with Gasteiger partial charge in [-0.3, -0.25) is 0 Å². The quantitative estimate of drug-likeness (QED) is 0.870. The number of hydrogen-bond donors (Lipinski definition) is 1. The van der Waals surface area contributed by atoms with Crippen molar-refractivity contribution in [2.45, 2.75) is 52.4 Å². The Morgan fingerprint density at radius 3 is 2.73 bits per heavy atom. The van der Waals surface area contributed by atoms with Crippen LogP contribution in [0.5, 0.6) is 0 Å². The van der Waals surface area contributed by atoms with Crippen LogP contribution >= 0.6 is 0 Å². The molecule has 2 rings (SSSR count). The molecular weight excluding hydrogens is 281 g/mol. The summed E-state index contributed by atoms with van der Waals surface area (Å²) < 4.78 is 16.7. The summed E-state index contributed by atoms with van der Waals surface area (Å²) in [5.41, 5.74) is 1.16. The van der Waals surface area contributed by atoms with Gasteiger partial charge in [-0.15, -0.1) is 0 Å². The maximum absolute atomic E-state index is 11.7. The smallest absolute Gasteiger partial charge is 0.444 e. The van der Waals surface area contributed by atoms with Gasteiger partial charge in [-0.05, 0) is 45.6 Å². The van der Waals surface area contributed by atoms with Crippen LogP contribution in [0.1, 0.15) is 40.2 Å². The molecule has 0 aliphatic carbocycles. The van der Waals surface area contributed by atoms with E-state index in [1.807, 2.05) is 58.9 Å². The van der Waals surface area contributed by atoms with Gasteiger partial charge in [0.1, 0.15) is 5.60 Å². The molecule has 1 fully saturated rings. The molecule has 0 bridgehead atoms. The van der Waals surface area contributed by atoms with Crippen LogP contribution in [0.25, 0.3) is 0 Å². The predicted octanol–water partition coefficient (Wildman–Crippen LogP) is 2.23. The molecule has 1 aliphatic rings. The van der Waals surface area contributed by atoms with E-state index in [0.717, 1.165) is 11.0 Å². The van der Waals surface area contributed by atoms with Crippen LogP contribution in [0.2, 0.25) is 0 Å². The molecule has 5 nitrogen and oxygen atoms in total. The number of nitrogens with one attached hydrogen (secondary N) is 1. The molecule has 1 aromatic carbocycles. The average molecular weight is 305 g/mol. The summed E-state index contributed by atoms with van der Waals surface area (Å²) in [4.78, 5) is 11.7. The molecule has 1 amide bonds. The first kappa shape index (κ1) is 16.8. The van der Waals surface area contributed by atoms with Gasteiger partial charge in [-0.25, -0.2) is 4.79 Å². The van der Waals surface area contributed by atoms with Crippen LogP contribution < -0.4 is 10.8 Å². The van der Waals surface area contributed by atoms with Crippen molar-refractivity contribution in [1.82, 2.24) is 5.32 Å². The summed E-state index contributed by atoms with van der Waals surface area (Å²) in [6, 6.07) is 7.81. The number of ether oxygens (including phenoxy) is 1. The van der Waals surface area contributed by atoms with E-state index in [1.165, 1.54) is 0 Å². The zero-order chi connectivity index (χ0) is 16.4. The molecule has 1 N–H and O–H groups in total. The minimum atomic E-state index is -0.497. The van der Waals surface area contributed by atoms with Crippen LogP contribution in [-0.2, 0) is 20.6 Å². The van der Waals surface area contributed by atoms with E-state index in [0.29, 0.717) is 13.2 Å². The Morgan fingerprint density at radius 2 is 2.14 bits per heavy atom. The fraction of sp³-hybridized carbons (Fsp3) is 0.562. The molecule has 0 radical (unpaired) electrons. The predicted molar refractivity (Wildman–Crippen MR) is 86.0 cm³/mol. The fourth-order valence-electron chi connectivity index (χ4n) is 2.14. The van der Waals surface area contributed by atoms with Gasteiger partial charge in [0.2, 0.25) is 0 Å². The zero-order valence-corrected chi connectivity index (χ0v) is 13.9. The maximum atomic E-state index is 11.7. The number of amides is 1. The Bertz CT molecular complexity index is 539. The second kappa shape index (κ2) is 6.30. The number of rotatable bonds is 3. The van der Waals surface area contributed by atoms with Gasteiger partial charge in [-0.1, -0.05) is 24.3 Å². The Morgan fingerprint density at radius 1 is 1.41 bits per heavy atom. The van der Waals surface area contributed by atoms with Gasteiger partial charge in [0, 0.05) is 6.54 Å². The number of carbonyl (C=O) groups is 1. The third-order valence-corrected chi connectivity index (χ3v) is 3.07. The first-order chi connectivity index (χ1) is 10.1. The SMILES string of the molecule is CC(C)(C)OC(=O)NCc1cccc(B2OCC(C)(C)O2)c1. The Labute approximate surface area is 132 Å². The molecular formula is C16H24BNO4. The fourth-order valence-corrected chi connectivity index (χ4v) is 2.14. The van der Waals surface area contributed by atoms with Crippen molar-refractivity contribution in [2.75, 3.05) is 6.61 Å². The van der Waals surface area contributed by atoms with E-state index in [-0.39, 0.29) is 12.7 Å². The molecule has 1 heterocycles. The van der Waals surface area contributed by atoms with Crippen LogP contribution in [-0.4, -0.2) is 31.0 Å². The van der Waals surface area contributed by atoms with Gasteiger partial charge < -0.3 is 19.4 Å². The maximum Gasteiger partial charge on any atom is 0.494 e. The summed E-state index contributed by atoms with van der Waals surface area (Å²) in [6.07, 6.45) is -0.424. The summed E-state index contributed by atoms with van der Waals surface area (Å²) in [6.45, 7) is 10.5. The normalized spacial score (nSPS) is 17.4.